The van der Waals surface area contributed by atoms with Gasteiger partial charge in [0.15, 0.2) is 5.69 Å². The number of amides is 1. The Balaban J connectivity index is 1.33. The third-order valence-electron chi connectivity index (χ3n) is 7.99. The number of sulfonamides is 1. The minimum absolute atomic E-state index is 0.0382. The summed E-state index contributed by atoms with van der Waals surface area (Å²) in [5.74, 6) is 0.593. The zero-order valence-corrected chi connectivity index (χ0v) is 25.4. The molecule has 0 spiro atoms. The lowest BCUT2D eigenvalue weighted by molar-refractivity contribution is 0.0977. The number of nitrogens with zero attached hydrogens (tertiary/aromatic N) is 6. The molecule has 1 saturated carbocycles. The summed E-state index contributed by atoms with van der Waals surface area (Å²) in [6, 6.07) is 6.78. The quantitative estimate of drug-likeness (QED) is 0.302. The summed E-state index contributed by atoms with van der Waals surface area (Å²) >= 11 is 6.03. The Bertz CT molecular complexity index is 1910. The van der Waals surface area contributed by atoms with E-state index < -0.39 is 22.0 Å². The van der Waals surface area contributed by atoms with Gasteiger partial charge in [0.2, 0.25) is 16.0 Å². The monoisotopic (exact) mass is 610 g/mol. The fourth-order valence-corrected chi connectivity index (χ4v) is 6.63. The number of carbonyl (C=O) groups excluding carboxylic acids is 1. The third-order valence-corrected chi connectivity index (χ3v) is 8.76. The second-order valence-electron chi connectivity index (χ2n) is 11.3. The zero-order chi connectivity index (χ0) is 30.1. The van der Waals surface area contributed by atoms with E-state index in [4.69, 9.17) is 16.6 Å². The van der Waals surface area contributed by atoms with Crippen molar-refractivity contribution in [2.75, 3.05) is 29.6 Å². The number of halogens is 1. The summed E-state index contributed by atoms with van der Waals surface area (Å²) in [7, 11) is -2.08. The van der Waals surface area contributed by atoms with Crippen LogP contribution < -0.4 is 20.5 Å². The van der Waals surface area contributed by atoms with Crippen molar-refractivity contribution in [3.8, 4) is 0 Å². The van der Waals surface area contributed by atoms with Crippen LogP contribution in [0.2, 0.25) is 5.15 Å². The van der Waals surface area contributed by atoms with Crippen molar-refractivity contribution in [1.82, 2.24) is 29.0 Å². The van der Waals surface area contributed by atoms with Crippen molar-refractivity contribution in [2.24, 2.45) is 18.9 Å². The Morgan fingerprint density at radius 1 is 1.12 bits per heavy atom. The predicted molar refractivity (Wildman–Crippen MR) is 161 cm³/mol. The molecular formula is C28H31ClN8O4S. The molecule has 1 aromatic carbocycles. The van der Waals surface area contributed by atoms with Gasteiger partial charge in [-0.3, -0.25) is 18.8 Å². The number of anilines is 2. The molecule has 6 rings (SSSR count). The minimum Gasteiger partial charge on any atom is -0.377 e. The average Bonchev–Trinajstić information content (AvgIpc) is 3.20. The van der Waals surface area contributed by atoms with Crippen molar-refractivity contribution in [1.29, 1.82) is 0 Å². The minimum atomic E-state index is -3.82. The number of rotatable bonds is 7. The van der Waals surface area contributed by atoms with Crippen LogP contribution in [0.25, 0.3) is 10.9 Å². The van der Waals surface area contributed by atoms with Crippen molar-refractivity contribution < 1.29 is 13.2 Å². The second kappa shape index (κ2) is 10.1. The number of aryl methyl sites for hydroxylation is 2. The SMILES string of the molecule is Cc1cc([C@@H](C)Nc2ccc(Cl)nc2C(=O)NS(C)(=O)=O)c2nc(N3C[C@@H]4C(n5cc(C)cn5)[C@@H]4C3)n(C)c(=O)c2c1. The van der Waals surface area contributed by atoms with E-state index in [0.29, 0.717) is 34.7 Å². The van der Waals surface area contributed by atoms with Gasteiger partial charge < -0.3 is 10.2 Å². The van der Waals surface area contributed by atoms with Gasteiger partial charge in [-0.25, -0.2) is 23.1 Å². The van der Waals surface area contributed by atoms with E-state index in [-0.39, 0.29) is 22.1 Å². The predicted octanol–water partition coefficient (Wildman–Crippen LogP) is 2.97. The first-order valence-electron chi connectivity index (χ1n) is 13.5. The third kappa shape index (κ3) is 5.11. The summed E-state index contributed by atoms with van der Waals surface area (Å²) in [4.78, 5) is 37.6. The van der Waals surface area contributed by atoms with Gasteiger partial charge in [-0.05, 0) is 50.1 Å². The molecule has 220 valence electrons. The van der Waals surface area contributed by atoms with Crippen LogP contribution in [0.5, 0.6) is 0 Å². The molecule has 1 amide bonds. The molecule has 2 fully saturated rings. The lowest BCUT2D eigenvalue weighted by Crippen LogP contribution is -2.33. The van der Waals surface area contributed by atoms with Gasteiger partial charge in [0.1, 0.15) is 5.15 Å². The molecule has 4 atom stereocenters. The summed E-state index contributed by atoms with van der Waals surface area (Å²) in [6.45, 7) is 7.38. The van der Waals surface area contributed by atoms with E-state index in [2.05, 4.69) is 31.2 Å². The van der Waals surface area contributed by atoms with E-state index in [1.165, 1.54) is 6.07 Å². The summed E-state index contributed by atoms with van der Waals surface area (Å²) in [5, 5.41) is 8.28. The van der Waals surface area contributed by atoms with E-state index >= 15 is 0 Å². The number of pyridine rings is 1. The Labute approximate surface area is 247 Å². The standard InChI is InChI=1S/C28H31ClN8O4S/c1-14-8-17(16(3)31-21-6-7-22(29)32-24(21)26(38)34-42(5,40)41)23-18(9-14)27(39)35(4)28(33-23)36-12-19-20(13-36)25(19)37-11-15(2)10-30-37/h6-11,16,19-20,25,31H,12-13H2,1-5H3,(H,34,38)/t16-,19-,20+,25?/m1/s1. The summed E-state index contributed by atoms with van der Waals surface area (Å²) < 4.78 is 29.0. The second-order valence-corrected chi connectivity index (χ2v) is 13.5. The van der Waals surface area contributed by atoms with Gasteiger partial charge >= 0.3 is 0 Å². The number of piperidine rings is 1. The maximum atomic E-state index is 13.6. The van der Waals surface area contributed by atoms with Gasteiger partial charge in [0.25, 0.3) is 11.5 Å². The van der Waals surface area contributed by atoms with Gasteiger partial charge in [-0.15, -0.1) is 0 Å². The topological polar surface area (TPSA) is 144 Å². The fraction of sp³-hybridized carbons (Fsp3) is 0.393. The molecule has 0 bridgehead atoms. The number of aromatic nitrogens is 5. The van der Waals surface area contributed by atoms with Crippen LogP contribution in [-0.2, 0) is 17.1 Å². The molecular weight excluding hydrogens is 580 g/mol. The highest BCUT2D eigenvalue weighted by Crippen LogP contribution is 2.55. The highest BCUT2D eigenvalue weighted by molar-refractivity contribution is 7.89. The van der Waals surface area contributed by atoms with Gasteiger partial charge in [0, 0.05) is 43.7 Å². The maximum Gasteiger partial charge on any atom is 0.285 e. The average molecular weight is 611 g/mol. The van der Waals surface area contributed by atoms with Gasteiger partial charge in [0.05, 0.1) is 41.1 Å². The Kier molecular flexibility index (Phi) is 6.76. The summed E-state index contributed by atoms with van der Waals surface area (Å²) in [5.41, 5.74) is 3.30. The maximum absolute atomic E-state index is 13.6. The largest absolute Gasteiger partial charge is 0.377 e. The van der Waals surface area contributed by atoms with Crippen molar-refractivity contribution >= 4 is 50.1 Å². The molecule has 3 aromatic heterocycles. The Morgan fingerprint density at radius 3 is 2.48 bits per heavy atom. The van der Waals surface area contributed by atoms with E-state index in [1.807, 2.05) is 43.8 Å². The highest BCUT2D eigenvalue weighted by Gasteiger charge is 2.58. The Morgan fingerprint density at radius 2 is 1.83 bits per heavy atom. The number of hydrogen-bond acceptors (Lipinski definition) is 9. The van der Waals surface area contributed by atoms with Gasteiger partial charge in [-0.1, -0.05) is 17.7 Å². The smallest absolute Gasteiger partial charge is 0.285 e. The molecule has 42 heavy (non-hydrogen) atoms. The van der Waals surface area contributed by atoms with Crippen LogP contribution in [0.3, 0.4) is 0 Å². The van der Waals surface area contributed by atoms with Crippen LogP contribution in [-0.4, -0.2) is 58.0 Å². The Hall–Kier alpha value is -3.97. The molecule has 4 aromatic rings. The molecule has 1 aliphatic carbocycles. The number of fused-ring (bicyclic) bond motifs is 2. The first kappa shape index (κ1) is 28.2. The lowest BCUT2D eigenvalue weighted by Gasteiger charge is -2.25. The van der Waals surface area contributed by atoms with E-state index in [1.54, 1.807) is 17.7 Å². The number of carbonyl (C=O) groups is 1. The van der Waals surface area contributed by atoms with Crippen LogP contribution in [0.1, 0.15) is 46.2 Å². The van der Waals surface area contributed by atoms with Gasteiger partial charge in [-0.2, -0.15) is 5.10 Å². The highest BCUT2D eigenvalue weighted by atomic mass is 35.5. The normalized spacial score (nSPS) is 20.4. The molecule has 1 saturated heterocycles. The number of nitrogens with one attached hydrogen (secondary N) is 2. The fourth-order valence-electron chi connectivity index (χ4n) is 6.05. The first-order chi connectivity index (χ1) is 19.8. The molecule has 0 radical (unpaired) electrons. The molecule has 4 heterocycles. The zero-order valence-electron chi connectivity index (χ0n) is 23.8. The molecule has 2 N–H and O–H groups in total. The lowest BCUT2D eigenvalue weighted by atomic mass is 10.0. The first-order valence-corrected chi connectivity index (χ1v) is 15.8. The molecule has 12 nitrogen and oxygen atoms in total. The molecule has 1 aliphatic heterocycles. The number of benzene rings is 1. The van der Waals surface area contributed by atoms with E-state index in [9.17, 15) is 18.0 Å². The summed E-state index contributed by atoms with van der Waals surface area (Å²) in [6.07, 6.45) is 4.84. The molecule has 1 unspecified atom stereocenters. The number of hydrogen-bond donors (Lipinski definition) is 2. The van der Waals surface area contributed by atoms with Crippen LogP contribution >= 0.6 is 11.6 Å². The van der Waals surface area contributed by atoms with Crippen LogP contribution in [0.4, 0.5) is 11.6 Å². The van der Waals surface area contributed by atoms with Crippen LogP contribution in [0, 0.1) is 25.7 Å². The van der Waals surface area contributed by atoms with Crippen molar-refractivity contribution in [3.05, 3.63) is 74.6 Å². The van der Waals surface area contributed by atoms with E-state index in [0.717, 1.165) is 36.0 Å². The van der Waals surface area contributed by atoms with Crippen molar-refractivity contribution in [3.63, 3.8) is 0 Å². The van der Waals surface area contributed by atoms with Crippen LogP contribution in [0.15, 0.2) is 41.5 Å². The van der Waals surface area contributed by atoms with Crippen molar-refractivity contribution in [2.45, 2.75) is 32.9 Å². The molecule has 2 aliphatic rings. The molecule has 14 heteroatoms.